The van der Waals surface area contributed by atoms with Crippen molar-refractivity contribution in [1.29, 1.82) is 0 Å². The monoisotopic (exact) mass is 650 g/mol. The van der Waals surface area contributed by atoms with Gasteiger partial charge in [0.05, 0.1) is 19.2 Å². The van der Waals surface area contributed by atoms with Gasteiger partial charge in [-0.1, -0.05) is 0 Å². The second-order valence-corrected chi connectivity index (χ2v) is 8.66. The van der Waals surface area contributed by atoms with Gasteiger partial charge in [-0.05, 0) is 63.5 Å². The van der Waals surface area contributed by atoms with Gasteiger partial charge in [0, 0.05) is 31.2 Å². The summed E-state index contributed by atoms with van der Waals surface area (Å²) in [4.78, 5) is 6.39. The summed E-state index contributed by atoms with van der Waals surface area (Å²) in [6, 6.07) is 4.15. The molecule has 0 atom stereocenters. The zero-order valence-corrected chi connectivity index (χ0v) is 20.1. The van der Waals surface area contributed by atoms with Gasteiger partial charge in [0.1, 0.15) is 0 Å². The SMILES string of the molecule is Fc1c(F)c(-c2c(F)c(F)c(I)c(F)c2F)c(F)c(F)c1Br.c1cc(N2CCCC2)ccn1. The molecule has 2 aromatic carbocycles. The highest BCUT2D eigenvalue weighted by atomic mass is 127. The number of nitrogens with zero attached hydrogens (tertiary/aromatic N) is 2. The van der Waals surface area contributed by atoms with Gasteiger partial charge < -0.3 is 4.90 Å². The van der Waals surface area contributed by atoms with Crippen LogP contribution in [-0.4, -0.2) is 18.1 Å². The van der Waals surface area contributed by atoms with Crippen molar-refractivity contribution in [3.8, 4) is 11.1 Å². The smallest absolute Gasteiger partial charge is 0.176 e. The fraction of sp³-hybridized carbons (Fsp3) is 0.190. The number of aromatic nitrogens is 1. The molecule has 12 heteroatoms. The Labute approximate surface area is 204 Å². The van der Waals surface area contributed by atoms with E-state index in [0.29, 0.717) is 0 Å². The fourth-order valence-corrected chi connectivity index (χ4v) is 4.00. The van der Waals surface area contributed by atoms with Crippen LogP contribution in [0.15, 0.2) is 29.0 Å². The lowest BCUT2D eigenvalue weighted by Crippen LogP contribution is -2.17. The number of hydrogen-bond donors (Lipinski definition) is 0. The first kappa shape index (κ1) is 25.7. The number of hydrogen-bond acceptors (Lipinski definition) is 2. The highest BCUT2D eigenvalue weighted by Crippen LogP contribution is 2.39. The molecule has 1 aliphatic heterocycles. The standard InChI is InChI=1S/C12BrF8I.C9H12N2/c13-3-8(18)4(14)1(5(15)9(3)19)2-6(16)10(20)12(22)11(21)7(2)17;1-2-8-11(7-1)9-3-5-10-6-4-9/h;3-6H,1-2,7-8H2. The van der Waals surface area contributed by atoms with Gasteiger partial charge in [0.25, 0.3) is 0 Å². The molecule has 1 aliphatic rings. The van der Waals surface area contributed by atoms with Crippen LogP contribution in [0, 0.1) is 50.1 Å². The van der Waals surface area contributed by atoms with E-state index < -0.39 is 65.7 Å². The molecule has 2 nitrogen and oxygen atoms in total. The van der Waals surface area contributed by atoms with E-state index in [1.807, 2.05) is 12.4 Å². The van der Waals surface area contributed by atoms with Crippen molar-refractivity contribution in [2.24, 2.45) is 0 Å². The third-order valence-electron chi connectivity index (χ3n) is 4.80. The summed E-state index contributed by atoms with van der Waals surface area (Å²) in [6.07, 6.45) is 6.38. The number of rotatable bonds is 2. The largest absolute Gasteiger partial charge is 0.371 e. The van der Waals surface area contributed by atoms with E-state index in [-0.39, 0.29) is 0 Å². The minimum atomic E-state index is -2.21. The molecule has 0 amide bonds. The number of benzene rings is 2. The Bertz CT molecular complexity index is 1060. The third kappa shape index (κ3) is 4.96. The van der Waals surface area contributed by atoms with Gasteiger partial charge in [-0.2, -0.15) is 0 Å². The van der Waals surface area contributed by atoms with Gasteiger partial charge in [0.2, 0.25) is 0 Å². The lowest BCUT2D eigenvalue weighted by molar-refractivity contribution is 0.434. The molecular weight excluding hydrogens is 639 g/mol. The summed E-state index contributed by atoms with van der Waals surface area (Å²) in [5.74, 6) is -16.7. The average molecular weight is 651 g/mol. The highest BCUT2D eigenvalue weighted by Gasteiger charge is 2.33. The Morgan fingerprint density at radius 1 is 0.667 bits per heavy atom. The van der Waals surface area contributed by atoms with E-state index in [2.05, 4.69) is 37.9 Å². The molecule has 3 aromatic rings. The molecule has 1 aromatic heterocycles. The third-order valence-corrected chi connectivity index (χ3v) is 6.45. The minimum Gasteiger partial charge on any atom is -0.371 e. The lowest BCUT2D eigenvalue weighted by Gasteiger charge is -2.16. The Morgan fingerprint density at radius 3 is 1.48 bits per heavy atom. The summed E-state index contributed by atoms with van der Waals surface area (Å²) in [6.45, 7) is 2.42. The molecule has 0 radical (unpaired) electrons. The van der Waals surface area contributed by atoms with E-state index in [1.165, 1.54) is 31.6 Å². The Balaban J connectivity index is 0.000000231. The first-order valence-corrected chi connectivity index (χ1v) is 11.1. The molecule has 0 aliphatic carbocycles. The van der Waals surface area contributed by atoms with Crippen molar-refractivity contribution >= 4 is 44.2 Å². The average Bonchev–Trinajstić information content (AvgIpc) is 3.37. The maximum Gasteiger partial charge on any atom is 0.176 e. The van der Waals surface area contributed by atoms with Crippen LogP contribution in [0.5, 0.6) is 0 Å². The van der Waals surface area contributed by atoms with E-state index in [1.54, 1.807) is 0 Å². The Hall–Kier alpha value is -1.96. The molecular formula is C21H12BrF8IN2. The zero-order chi connectivity index (χ0) is 24.4. The van der Waals surface area contributed by atoms with Gasteiger partial charge in [-0.25, -0.2) is 35.1 Å². The molecule has 4 rings (SSSR count). The second kappa shape index (κ2) is 10.5. The van der Waals surface area contributed by atoms with Crippen molar-refractivity contribution in [2.75, 3.05) is 18.0 Å². The molecule has 0 bridgehead atoms. The molecule has 0 saturated carbocycles. The maximum atomic E-state index is 13.7. The molecule has 2 heterocycles. The summed E-state index contributed by atoms with van der Waals surface area (Å²) < 4.78 is 106. The molecule has 0 N–H and O–H groups in total. The normalized spacial score (nSPS) is 13.2. The molecule has 0 spiro atoms. The number of pyridine rings is 1. The number of halogens is 10. The van der Waals surface area contributed by atoms with Crippen LogP contribution < -0.4 is 4.90 Å². The van der Waals surface area contributed by atoms with Crippen LogP contribution >= 0.6 is 38.5 Å². The fourth-order valence-electron chi connectivity index (χ4n) is 3.18. The van der Waals surface area contributed by atoms with E-state index in [4.69, 9.17) is 0 Å². The first-order valence-electron chi connectivity index (χ1n) is 9.26. The van der Waals surface area contributed by atoms with Crippen LogP contribution in [0.25, 0.3) is 11.1 Å². The van der Waals surface area contributed by atoms with Crippen LogP contribution in [0.4, 0.5) is 40.8 Å². The molecule has 0 unspecified atom stereocenters. The second-order valence-electron chi connectivity index (χ2n) is 6.79. The van der Waals surface area contributed by atoms with Crippen molar-refractivity contribution in [1.82, 2.24) is 4.98 Å². The highest BCUT2D eigenvalue weighted by molar-refractivity contribution is 14.1. The summed E-state index contributed by atoms with van der Waals surface area (Å²) >= 11 is 3.12. The Kier molecular flexibility index (Phi) is 8.19. The van der Waals surface area contributed by atoms with Gasteiger partial charge in [0.15, 0.2) is 46.5 Å². The lowest BCUT2D eigenvalue weighted by atomic mass is 10.0. The van der Waals surface area contributed by atoms with Crippen LogP contribution in [-0.2, 0) is 0 Å². The summed E-state index contributed by atoms with van der Waals surface area (Å²) in [5, 5.41) is 0. The van der Waals surface area contributed by atoms with Crippen LogP contribution in [0.2, 0.25) is 0 Å². The number of anilines is 1. The van der Waals surface area contributed by atoms with E-state index in [9.17, 15) is 35.1 Å². The van der Waals surface area contributed by atoms with Gasteiger partial charge in [-0.15, -0.1) is 0 Å². The summed E-state index contributed by atoms with van der Waals surface area (Å²) in [7, 11) is 0. The summed E-state index contributed by atoms with van der Waals surface area (Å²) in [5.41, 5.74) is -2.45. The van der Waals surface area contributed by atoms with Gasteiger partial charge in [-0.3, -0.25) is 4.98 Å². The predicted molar refractivity (Wildman–Crippen MR) is 118 cm³/mol. The molecule has 33 heavy (non-hydrogen) atoms. The van der Waals surface area contributed by atoms with E-state index >= 15 is 0 Å². The van der Waals surface area contributed by atoms with E-state index in [0.717, 1.165) is 22.6 Å². The molecule has 1 saturated heterocycles. The van der Waals surface area contributed by atoms with Gasteiger partial charge >= 0.3 is 0 Å². The molecule has 1 fully saturated rings. The molecule has 176 valence electrons. The first-order chi connectivity index (χ1) is 15.6. The van der Waals surface area contributed by atoms with Crippen molar-refractivity contribution in [3.05, 3.63) is 79.1 Å². The quantitative estimate of drug-likeness (QED) is 0.124. The van der Waals surface area contributed by atoms with Crippen molar-refractivity contribution in [3.63, 3.8) is 0 Å². The van der Waals surface area contributed by atoms with Crippen molar-refractivity contribution in [2.45, 2.75) is 12.8 Å². The predicted octanol–water partition coefficient (Wildman–Crippen LogP) is 7.52. The topological polar surface area (TPSA) is 16.1 Å². The van der Waals surface area contributed by atoms with Crippen LogP contribution in [0.1, 0.15) is 12.8 Å². The zero-order valence-electron chi connectivity index (χ0n) is 16.3. The van der Waals surface area contributed by atoms with Crippen molar-refractivity contribution < 1.29 is 35.1 Å². The Morgan fingerprint density at radius 2 is 1.06 bits per heavy atom. The minimum absolute atomic E-state index is 0.919. The maximum absolute atomic E-state index is 13.7. The van der Waals surface area contributed by atoms with Crippen LogP contribution in [0.3, 0.4) is 0 Å².